The van der Waals surface area contributed by atoms with E-state index >= 15 is 0 Å². The van der Waals surface area contributed by atoms with E-state index in [9.17, 15) is 4.79 Å². The van der Waals surface area contributed by atoms with Gasteiger partial charge < -0.3 is 15.8 Å². The molecule has 1 unspecified atom stereocenters. The van der Waals surface area contributed by atoms with Crippen molar-refractivity contribution >= 4 is 5.91 Å². The van der Waals surface area contributed by atoms with Crippen molar-refractivity contribution in [2.24, 2.45) is 11.7 Å². The first-order valence-corrected chi connectivity index (χ1v) is 6.58. The number of amides is 1. The number of benzene rings is 1. The van der Waals surface area contributed by atoms with Crippen molar-refractivity contribution in [3.05, 3.63) is 28.8 Å². The molecule has 0 bridgehead atoms. The molecule has 19 heavy (non-hydrogen) atoms. The summed E-state index contributed by atoms with van der Waals surface area (Å²) in [5, 5.41) is 2.90. The molecule has 0 saturated carbocycles. The topological polar surface area (TPSA) is 64.3 Å². The summed E-state index contributed by atoms with van der Waals surface area (Å²) in [5.41, 5.74) is 8.65. The van der Waals surface area contributed by atoms with E-state index in [0.717, 1.165) is 22.4 Å². The number of hydrogen-bond acceptors (Lipinski definition) is 3. The molecule has 4 nitrogen and oxygen atoms in total. The van der Waals surface area contributed by atoms with Gasteiger partial charge >= 0.3 is 0 Å². The molecule has 1 atom stereocenters. The third-order valence-electron chi connectivity index (χ3n) is 3.10. The summed E-state index contributed by atoms with van der Waals surface area (Å²) in [6.45, 7) is 7.21. The summed E-state index contributed by atoms with van der Waals surface area (Å²) >= 11 is 0. The maximum Gasteiger partial charge on any atom is 0.224 e. The molecule has 0 radical (unpaired) electrons. The van der Waals surface area contributed by atoms with E-state index in [1.165, 1.54) is 0 Å². The van der Waals surface area contributed by atoms with Crippen molar-refractivity contribution in [1.29, 1.82) is 0 Å². The van der Waals surface area contributed by atoms with Gasteiger partial charge in [-0.2, -0.15) is 0 Å². The lowest BCUT2D eigenvalue weighted by molar-refractivity contribution is -0.120. The zero-order valence-corrected chi connectivity index (χ0v) is 12.2. The predicted octanol–water partition coefficient (Wildman–Crippen LogP) is 1.57. The molecule has 0 fully saturated rings. The van der Waals surface area contributed by atoms with E-state index in [4.69, 9.17) is 10.5 Å². The Labute approximate surface area is 115 Å². The van der Waals surface area contributed by atoms with Crippen LogP contribution < -0.4 is 15.8 Å². The van der Waals surface area contributed by atoms with E-state index in [1.54, 1.807) is 7.11 Å². The fourth-order valence-electron chi connectivity index (χ4n) is 2.07. The Balaban J connectivity index is 2.73. The van der Waals surface area contributed by atoms with Gasteiger partial charge in [-0.1, -0.05) is 24.6 Å². The van der Waals surface area contributed by atoms with Crippen LogP contribution in [0.4, 0.5) is 0 Å². The van der Waals surface area contributed by atoms with Crippen LogP contribution >= 0.6 is 0 Å². The van der Waals surface area contributed by atoms with Crippen molar-refractivity contribution in [3.63, 3.8) is 0 Å². The van der Waals surface area contributed by atoms with Crippen LogP contribution in [-0.2, 0) is 11.2 Å². The molecule has 1 aromatic rings. The van der Waals surface area contributed by atoms with Crippen molar-refractivity contribution in [2.75, 3.05) is 20.2 Å². The van der Waals surface area contributed by atoms with Crippen LogP contribution in [0.25, 0.3) is 0 Å². The summed E-state index contributed by atoms with van der Waals surface area (Å²) < 4.78 is 5.38. The average molecular weight is 264 g/mol. The number of carbonyl (C=O) groups is 1. The minimum absolute atomic E-state index is 0.00333. The van der Waals surface area contributed by atoms with Gasteiger partial charge in [-0.25, -0.2) is 0 Å². The van der Waals surface area contributed by atoms with Crippen LogP contribution in [0.5, 0.6) is 5.75 Å². The molecule has 1 amide bonds. The molecule has 0 aliphatic heterocycles. The van der Waals surface area contributed by atoms with Gasteiger partial charge in [0.2, 0.25) is 5.91 Å². The van der Waals surface area contributed by atoms with Crippen molar-refractivity contribution in [1.82, 2.24) is 5.32 Å². The number of nitrogens with two attached hydrogens (primary N) is 1. The average Bonchev–Trinajstić information content (AvgIpc) is 2.35. The molecule has 0 aliphatic rings. The monoisotopic (exact) mass is 264 g/mol. The molecule has 0 heterocycles. The molecule has 0 aliphatic carbocycles. The Morgan fingerprint density at radius 2 is 2.11 bits per heavy atom. The molecule has 1 rings (SSSR count). The largest absolute Gasteiger partial charge is 0.496 e. The Bertz CT molecular complexity index is 444. The summed E-state index contributed by atoms with van der Waals surface area (Å²) in [7, 11) is 1.63. The maximum absolute atomic E-state index is 11.9. The maximum atomic E-state index is 11.9. The number of rotatable bonds is 6. The molecule has 1 aromatic carbocycles. The third kappa shape index (κ3) is 4.56. The Morgan fingerprint density at radius 1 is 1.42 bits per heavy atom. The fraction of sp³-hybridized carbons (Fsp3) is 0.533. The Morgan fingerprint density at radius 3 is 2.68 bits per heavy atom. The second-order valence-corrected chi connectivity index (χ2v) is 5.10. The van der Waals surface area contributed by atoms with Crippen molar-refractivity contribution < 1.29 is 9.53 Å². The molecular formula is C15H24N2O2. The van der Waals surface area contributed by atoms with Gasteiger partial charge in [-0.05, 0) is 31.9 Å². The van der Waals surface area contributed by atoms with Crippen LogP contribution in [0, 0.1) is 19.8 Å². The van der Waals surface area contributed by atoms with Crippen molar-refractivity contribution in [3.8, 4) is 5.75 Å². The standard InChI is InChI=1S/C15H24N2O2/c1-10-5-12(3)15(19-4)13(6-10)7-14(18)17-9-11(2)8-16/h5-6,11H,7-9,16H2,1-4H3,(H,17,18). The van der Waals surface area contributed by atoms with E-state index in [1.807, 2.05) is 26.8 Å². The lowest BCUT2D eigenvalue weighted by atomic mass is 10.0. The SMILES string of the molecule is COc1c(C)cc(C)cc1CC(=O)NCC(C)CN. The summed E-state index contributed by atoms with van der Waals surface area (Å²) in [6, 6.07) is 4.05. The van der Waals surface area contributed by atoms with Gasteiger partial charge in [0.15, 0.2) is 0 Å². The van der Waals surface area contributed by atoms with Crippen LogP contribution in [0.2, 0.25) is 0 Å². The highest BCUT2D eigenvalue weighted by Crippen LogP contribution is 2.25. The minimum atomic E-state index is 0.00333. The number of ether oxygens (including phenoxy) is 1. The zero-order valence-electron chi connectivity index (χ0n) is 12.2. The predicted molar refractivity (Wildman–Crippen MR) is 77.4 cm³/mol. The summed E-state index contributed by atoms with van der Waals surface area (Å²) in [5.74, 6) is 1.10. The number of methoxy groups -OCH3 is 1. The summed E-state index contributed by atoms with van der Waals surface area (Å²) in [4.78, 5) is 11.9. The lowest BCUT2D eigenvalue weighted by Gasteiger charge is -2.14. The van der Waals surface area contributed by atoms with E-state index < -0.39 is 0 Å². The van der Waals surface area contributed by atoms with Gasteiger partial charge in [0.1, 0.15) is 5.75 Å². The molecule has 0 spiro atoms. The van der Waals surface area contributed by atoms with Gasteiger partial charge in [-0.15, -0.1) is 0 Å². The minimum Gasteiger partial charge on any atom is -0.496 e. The van der Waals surface area contributed by atoms with Crippen LogP contribution in [-0.4, -0.2) is 26.1 Å². The zero-order chi connectivity index (χ0) is 14.4. The second kappa shape index (κ2) is 7.14. The third-order valence-corrected chi connectivity index (χ3v) is 3.10. The first-order valence-electron chi connectivity index (χ1n) is 6.58. The van der Waals surface area contributed by atoms with E-state index in [2.05, 4.69) is 11.4 Å². The smallest absolute Gasteiger partial charge is 0.224 e. The Hall–Kier alpha value is -1.55. The highest BCUT2D eigenvalue weighted by atomic mass is 16.5. The van der Waals surface area contributed by atoms with Gasteiger partial charge in [0.25, 0.3) is 0 Å². The molecule has 3 N–H and O–H groups in total. The van der Waals surface area contributed by atoms with Crippen molar-refractivity contribution in [2.45, 2.75) is 27.2 Å². The molecular weight excluding hydrogens is 240 g/mol. The van der Waals surface area contributed by atoms with Gasteiger partial charge in [0, 0.05) is 12.1 Å². The highest BCUT2D eigenvalue weighted by molar-refractivity contribution is 5.79. The van der Waals surface area contributed by atoms with Crippen LogP contribution in [0.3, 0.4) is 0 Å². The second-order valence-electron chi connectivity index (χ2n) is 5.10. The fourth-order valence-corrected chi connectivity index (χ4v) is 2.07. The quantitative estimate of drug-likeness (QED) is 0.819. The first-order chi connectivity index (χ1) is 8.97. The molecule has 106 valence electrons. The van der Waals surface area contributed by atoms with E-state index in [0.29, 0.717) is 25.4 Å². The number of nitrogens with one attached hydrogen (secondary N) is 1. The van der Waals surface area contributed by atoms with Gasteiger partial charge in [-0.3, -0.25) is 4.79 Å². The van der Waals surface area contributed by atoms with Crippen LogP contribution in [0.15, 0.2) is 12.1 Å². The van der Waals surface area contributed by atoms with Gasteiger partial charge in [0.05, 0.1) is 13.5 Å². The number of hydrogen-bond donors (Lipinski definition) is 2. The van der Waals surface area contributed by atoms with Crippen LogP contribution in [0.1, 0.15) is 23.6 Å². The van der Waals surface area contributed by atoms with E-state index in [-0.39, 0.29) is 5.91 Å². The molecule has 0 saturated heterocycles. The molecule has 4 heteroatoms. The number of aryl methyl sites for hydroxylation is 2. The lowest BCUT2D eigenvalue weighted by Crippen LogP contribution is -2.32. The highest BCUT2D eigenvalue weighted by Gasteiger charge is 2.12. The summed E-state index contributed by atoms with van der Waals surface area (Å²) in [6.07, 6.45) is 0.336. The molecule has 0 aromatic heterocycles. The normalized spacial score (nSPS) is 12.1. The first kappa shape index (κ1) is 15.5. The number of carbonyl (C=O) groups excluding carboxylic acids is 1. The Kier molecular flexibility index (Phi) is 5.83.